The van der Waals surface area contributed by atoms with Gasteiger partial charge in [0, 0.05) is 19.0 Å². The quantitative estimate of drug-likeness (QED) is 0.758. The van der Waals surface area contributed by atoms with Crippen LogP contribution in [-0.2, 0) is 16.1 Å². The van der Waals surface area contributed by atoms with E-state index in [9.17, 15) is 4.79 Å². The number of hydrogen-bond acceptors (Lipinski definition) is 6. The summed E-state index contributed by atoms with van der Waals surface area (Å²) in [6.45, 7) is 1.65. The van der Waals surface area contributed by atoms with Crippen molar-refractivity contribution in [3.63, 3.8) is 0 Å². The fraction of sp³-hybridized carbons (Fsp3) is 0.526. The summed E-state index contributed by atoms with van der Waals surface area (Å²) in [6.07, 6.45) is 4.11. The third kappa shape index (κ3) is 4.40. The SMILES string of the molecule is O=C(COc1ccccc1)N1CCC[C@@H](OCc2nc(C3CC3)no2)C1. The Morgan fingerprint density at radius 3 is 2.88 bits per heavy atom. The summed E-state index contributed by atoms with van der Waals surface area (Å²) in [4.78, 5) is 18.6. The summed E-state index contributed by atoms with van der Waals surface area (Å²) in [5, 5.41) is 3.99. The van der Waals surface area contributed by atoms with Crippen LogP contribution in [0.4, 0.5) is 0 Å². The zero-order chi connectivity index (χ0) is 17.8. The number of hydrogen-bond donors (Lipinski definition) is 0. The van der Waals surface area contributed by atoms with Crippen molar-refractivity contribution >= 4 is 5.91 Å². The Morgan fingerprint density at radius 1 is 1.23 bits per heavy atom. The minimum Gasteiger partial charge on any atom is -0.484 e. The van der Waals surface area contributed by atoms with E-state index in [2.05, 4.69) is 10.1 Å². The molecule has 1 atom stereocenters. The Kier molecular flexibility index (Phi) is 5.15. The lowest BCUT2D eigenvalue weighted by Gasteiger charge is -2.32. The zero-order valence-corrected chi connectivity index (χ0v) is 14.7. The van der Waals surface area contributed by atoms with Gasteiger partial charge in [-0.25, -0.2) is 0 Å². The molecule has 0 bridgehead atoms. The van der Waals surface area contributed by atoms with Crippen molar-refractivity contribution in [2.45, 2.75) is 44.3 Å². The monoisotopic (exact) mass is 357 g/mol. The highest BCUT2D eigenvalue weighted by Gasteiger charge is 2.29. The number of carbonyl (C=O) groups excluding carboxylic acids is 1. The van der Waals surface area contributed by atoms with Gasteiger partial charge in [-0.1, -0.05) is 23.4 Å². The van der Waals surface area contributed by atoms with E-state index in [1.54, 1.807) is 4.90 Å². The molecule has 7 nitrogen and oxygen atoms in total. The predicted octanol–water partition coefficient (Wildman–Crippen LogP) is 2.53. The van der Waals surface area contributed by atoms with Crippen molar-refractivity contribution in [3.05, 3.63) is 42.0 Å². The van der Waals surface area contributed by atoms with Gasteiger partial charge in [-0.15, -0.1) is 0 Å². The van der Waals surface area contributed by atoms with Crippen molar-refractivity contribution < 1.29 is 18.8 Å². The second kappa shape index (κ2) is 7.86. The highest BCUT2D eigenvalue weighted by molar-refractivity contribution is 5.77. The van der Waals surface area contributed by atoms with Crippen LogP contribution in [0.5, 0.6) is 5.75 Å². The number of carbonyl (C=O) groups is 1. The second-order valence-electron chi connectivity index (χ2n) is 6.84. The zero-order valence-electron chi connectivity index (χ0n) is 14.7. The molecule has 26 heavy (non-hydrogen) atoms. The minimum absolute atomic E-state index is 0.0132. The van der Waals surface area contributed by atoms with E-state index in [1.165, 1.54) is 0 Å². The molecule has 2 heterocycles. The first kappa shape index (κ1) is 17.0. The van der Waals surface area contributed by atoms with E-state index in [4.69, 9.17) is 14.0 Å². The maximum Gasteiger partial charge on any atom is 0.260 e. The number of amides is 1. The molecule has 1 aliphatic carbocycles. The lowest BCUT2D eigenvalue weighted by atomic mass is 10.1. The highest BCUT2D eigenvalue weighted by atomic mass is 16.5. The molecule has 0 N–H and O–H groups in total. The number of piperidine rings is 1. The van der Waals surface area contributed by atoms with E-state index in [0.29, 0.717) is 30.7 Å². The third-order valence-corrected chi connectivity index (χ3v) is 4.71. The Hall–Kier alpha value is -2.41. The fourth-order valence-electron chi connectivity index (χ4n) is 3.08. The van der Waals surface area contributed by atoms with Crippen LogP contribution in [0.2, 0.25) is 0 Å². The molecule has 1 aromatic carbocycles. The van der Waals surface area contributed by atoms with Crippen LogP contribution in [0.15, 0.2) is 34.9 Å². The molecule has 1 saturated heterocycles. The van der Waals surface area contributed by atoms with Gasteiger partial charge in [-0.3, -0.25) is 4.79 Å². The molecule has 7 heteroatoms. The predicted molar refractivity (Wildman–Crippen MR) is 92.6 cm³/mol. The molecule has 1 aliphatic heterocycles. The smallest absolute Gasteiger partial charge is 0.260 e. The van der Waals surface area contributed by atoms with Gasteiger partial charge >= 0.3 is 0 Å². The van der Waals surface area contributed by atoms with Crippen LogP contribution in [0.1, 0.15) is 43.3 Å². The summed E-state index contributed by atoms with van der Waals surface area (Å²) in [7, 11) is 0. The van der Waals surface area contributed by atoms with Crippen LogP contribution < -0.4 is 4.74 Å². The molecule has 2 fully saturated rings. The first-order valence-corrected chi connectivity index (χ1v) is 9.17. The Bertz CT molecular complexity index is 729. The molecule has 0 spiro atoms. The normalized spacial score (nSPS) is 20.2. The van der Waals surface area contributed by atoms with Gasteiger partial charge in [-0.05, 0) is 37.8 Å². The van der Waals surface area contributed by atoms with Crippen molar-refractivity contribution in [2.75, 3.05) is 19.7 Å². The maximum atomic E-state index is 12.4. The molecular weight excluding hydrogens is 334 g/mol. The Morgan fingerprint density at radius 2 is 2.08 bits per heavy atom. The number of benzene rings is 1. The molecule has 4 rings (SSSR count). The number of aromatic nitrogens is 2. The molecule has 1 amide bonds. The van der Waals surface area contributed by atoms with Crippen LogP contribution in [-0.4, -0.2) is 46.7 Å². The number of ether oxygens (including phenoxy) is 2. The molecule has 1 aromatic heterocycles. The number of para-hydroxylation sites is 1. The van der Waals surface area contributed by atoms with Gasteiger partial charge in [0.2, 0.25) is 0 Å². The molecule has 2 aromatic rings. The van der Waals surface area contributed by atoms with Crippen LogP contribution >= 0.6 is 0 Å². The van der Waals surface area contributed by atoms with E-state index in [1.807, 2.05) is 30.3 Å². The number of likely N-dealkylation sites (tertiary alicyclic amines) is 1. The Labute approximate surface area is 152 Å². The van der Waals surface area contributed by atoms with Gasteiger partial charge < -0.3 is 18.9 Å². The first-order chi connectivity index (χ1) is 12.8. The van der Waals surface area contributed by atoms with Crippen molar-refractivity contribution in [3.8, 4) is 5.75 Å². The number of rotatable bonds is 7. The third-order valence-electron chi connectivity index (χ3n) is 4.71. The molecule has 138 valence electrons. The molecule has 2 aliphatic rings. The average Bonchev–Trinajstić information content (AvgIpc) is 3.44. The maximum absolute atomic E-state index is 12.4. The lowest BCUT2D eigenvalue weighted by Crippen LogP contribution is -2.45. The topological polar surface area (TPSA) is 77.7 Å². The molecule has 0 unspecified atom stereocenters. The largest absolute Gasteiger partial charge is 0.484 e. The van der Waals surface area contributed by atoms with Gasteiger partial charge in [-0.2, -0.15) is 4.98 Å². The standard InChI is InChI=1S/C19H23N3O4/c23-18(13-25-15-5-2-1-3-6-15)22-10-4-7-16(11-22)24-12-17-20-19(21-26-17)14-8-9-14/h1-3,5-6,14,16H,4,7-13H2/t16-/m1/s1. The molecular formula is C19H23N3O4. The van der Waals surface area contributed by atoms with Gasteiger partial charge in [0.15, 0.2) is 12.4 Å². The summed E-state index contributed by atoms with van der Waals surface area (Å²) in [5.41, 5.74) is 0. The number of nitrogens with zero attached hydrogens (tertiary/aromatic N) is 3. The van der Waals surface area contributed by atoms with E-state index < -0.39 is 0 Å². The van der Waals surface area contributed by atoms with Gasteiger partial charge in [0.1, 0.15) is 12.4 Å². The van der Waals surface area contributed by atoms with Crippen molar-refractivity contribution in [1.29, 1.82) is 0 Å². The van der Waals surface area contributed by atoms with E-state index in [-0.39, 0.29) is 18.6 Å². The lowest BCUT2D eigenvalue weighted by molar-refractivity contribution is -0.138. The van der Waals surface area contributed by atoms with Crippen molar-refractivity contribution in [2.24, 2.45) is 0 Å². The summed E-state index contributed by atoms with van der Waals surface area (Å²) >= 11 is 0. The average molecular weight is 357 g/mol. The van der Waals surface area contributed by atoms with Crippen LogP contribution in [0, 0.1) is 0 Å². The highest BCUT2D eigenvalue weighted by Crippen LogP contribution is 2.38. The van der Waals surface area contributed by atoms with Crippen molar-refractivity contribution in [1.82, 2.24) is 15.0 Å². The fourth-order valence-corrected chi connectivity index (χ4v) is 3.08. The van der Waals surface area contributed by atoms with Crippen LogP contribution in [0.3, 0.4) is 0 Å². The van der Waals surface area contributed by atoms with E-state index >= 15 is 0 Å². The van der Waals surface area contributed by atoms with Gasteiger partial charge in [0.25, 0.3) is 11.8 Å². The minimum atomic E-state index is -0.0176. The summed E-state index contributed by atoms with van der Waals surface area (Å²) in [5.74, 6) is 2.47. The molecule has 0 radical (unpaired) electrons. The first-order valence-electron chi connectivity index (χ1n) is 9.17. The summed E-state index contributed by atoms with van der Waals surface area (Å²) < 4.78 is 16.7. The second-order valence-corrected chi connectivity index (χ2v) is 6.84. The van der Waals surface area contributed by atoms with E-state index in [0.717, 1.165) is 38.1 Å². The summed E-state index contributed by atoms with van der Waals surface area (Å²) in [6, 6.07) is 9.37. The van der Waals surface area contributed by atoms with Gasteiger partial charge in [0.05, 0.1) is 6.10 Å². The van der Waals surface area contributed by atoms with Crippen LogP contribution in [0.25, 0.3) is 0 Å². The Balaban J connectivity index is 1.23. The molecule has 1 saturated carbocycles.